The molecular formula is C24H25N3O3. The van der Waals surface area contributed by atoms with Crippen LogP contribution in [0.5, 0.6) is 0 Å². The van der Waals surface area contributed by atoms with Crippen molar-refractivity contribution in [2.75, 3.05) is 9.80 Å². The number of carbonyl (C=O) groups is 2. The van der Waals surface area contributed by atoms with E-state index >= 15 is 0 Å². The zero-order valence-corrected chi connectivity index (χ0v) is 17.6. The molecule has 2 heterocycles. The average Bonchev–Trinajstić information content (AvgIpc) is 3.06. The molecule has 154 valence electrons. The Bertz CT molecular complexity index is 1090. The van der Waals surface area contributed by atoms with Gasteiger partial charge >= 0.3 is 0 Å². The van der Waals surface area contributed by atoms with Crippen LogP contribution in [-0.4, -0.2) is 22.8 Å². The van der Waals surface area contributed by atoms with Crippen LogP contribution in [0.3, 0.4) is 0 Å². The van der Waals surface area contributed by atoms with E-state index in [1.54, 1.807) is 25.7 Å². The predicted molar refractivity (Wildman–Crippen MR) is 116 cm³/mol. The molecule has 0 fully saturated rings. The molecule has 0 bridgehead atoms. The van der Waals surface area contributed by atoms with E-state index in [1.165, 1.54) is 0 Å². The molecule has 6 nitrogen and oxygen atoms in total. The van der Waals surface area contributed by atoms with Crippen molar-refractivity contribution < 1.29 is 14.0 Å². The first-order chi connectivity index (χ1) is 14.4. The summed E-state index contributed by atoms with van der Waals surface area (Å²) in [6.07, 6.45) is 0.614. The lowest BCUT2D eigenvalue weighted by Crippen LogP contribution is -2.47. The van der Waals surface area contributed by atoms with E-state index in [0.717, 1.165) is 16.9 Å². The quantitative estimate of drug-likeness (QED) is 0.629. The highest BCUT2D eigenvalue weighted by Crippen LogP contribution is 2.42. The van der Waals surface area contributed by atoms with Gasteiger partial charge in [0.05, 0.1) is 11.7 Å². The summed E-state index contributed by atoms with van der Waals surface area (Å²) in [5, 5.41) is 0. The summed E-state index contributed by atoms with van der Waals surface area (Å²) in [6, 6.07) is 17.1. The molecule has 0 N–H and O–H groups in total. The first-order valence-electron chi connectivity index (χ1n) is 10.1. The lowest BCUT2D eigenvalue weighted by atomic mass is 9.89. The minimum atomic E-state index is -0.208. The topological polar surface area (TPSA) is 66.7 Å². The van der Waals surface area contributed by atoms with E-state index < -0.39 is 0 Å². The number of hydrogen-bond acceptors (Lipinski definition) is 4. The Hall–Kier alpha value is -3.41. The fourth-order valence-electron chi connectivity index (χ4n) is 4.34. The summed E-state index contributed by atoms with van der Waals surface area (Å²) in [5.41, 5.74) is 3.16. The van der Waals surface area contributed by atoms with Gasteiger partial charge in [0.2, 0.25) is 11.7 Å². The number of carbonyl (C=O) groups excluding carboxylic acids is 2. The molecule has 2 atom stereocenters. The molecule has 30 heavy (non-hydrogen) atoms. The van der Waals surface area contributed by atoms with Gasteiger partial charge in [0.1, 0.15) is 0 Å². The Kier molecular flexibility index (Phi) is 5.16. The maximum Gasteiger partial charge on any atom is 0.296 e. The van der Waals surface area contributed by atoms with Gasteiger partial charge < -0.3 is 14.2 Å². The van der Waals surface area contributed by atoms with Gasteiger partial charge in [-0.15, -0.1) is 0 Å². The molecule has 1 aliphatic heterocycles. The fourth-order valence-corrected chi connectivity index (χ4v) is 4.34. The van der Waals surface area contributed by atoms with E-state index in [-0.39, 0.29) is 29.7 Å². The van der Waals surface area contributed by atoms with Crippen molar-refractivity contribution in [3.05, 3.63) is 77.5 Å². The second-order valence-electron chi connectivity index (χ2n) is 7.71. The average molecular weight is 403 g/mol. The molecule has 4 rings (SSSR count). The molecule has 6 heteroatoms. The normalized spacial score (nSPS) is 18.1. The van der Waals surface area contributed by atoms with Crippen molar-refractivity contribution in [1.29, 1.82) is 0 Å². The van der Waals surface area contributed by atoms with Gasteiger partial charge in [-0.2, -0.15) is 0 Å². The number of hydrogen-bond donors (Lipinski definition) is 0. The Balaban J connectivity index is 1.80. The number of fused-ring (bicyclic) bond motifs is 1. The third-order valence-corrected chi connectivity index (χ3v) is 5.56. The van der Waals surface area contributed by atoms with Crippen LogP contribution in [0.2, 0.25) is 0 Å². The summed E-state index contributed by atoms with van der Waals surface area (Å²) < 4.78 is 5.61. The number of anilines is 2. The van der Waals surface area contributed by atoms with Crippen LogP contribution in [-0.2, 0) is 4.79 Å². The molecule has 1 aliphatic rings. The van der Waals surface area contributed by atoms with Crippen LogP contribution in [0.25, 0.3) is 0 Å². The minimum Gasteiger partial charge on any atom is -0.436 e. The van der Waals surface area contributed by atoms with E-state index in [9.17, 15) is 9.59 Å². The van der Waals surface area contributed by atoms with Gasteiger partial charge in [-0.25, -0.2) is 4.98 Å². The van der Waals surface area contributed by atoms with Gasteiger partial charge in [0.25, 0.3) is 5.91 Å². The van der Waals surface area contributed by atoms with Crippen LogP contribution in [0.4, 0.5) is 11.4 Å². The lowest BCUT2D eigenvalue weighted by Gasteiger charge is -2.43. The number of aromatic nitrogens is 1. The van der Waals surface area contributed by atoms with Crippen LogP contribution in [0.1, 0.15) is 54.0 Å². The lowest BCUT2D eigenvalue weighted by molar-refractivity contribution is -0.117. The monoisotopic (exact) mass is 403 g/mol. The molecule has 0 saturated heterocycles. The summed E-state index contributed by atoms with van der Waals surface area (Å²) in [7, 11) is 0. The van der Waals surface area contributed by atoms with Crippen molar-refractivity contribution >= 4 is 23.2 Å². The predicted octanol–water partition coefficient (Wildman–Crippen LogP) is 4.82. The zero-order valence-electron chi connectivity index (χ0n) is 17.6. The van der Waals surface area contributed by atoms with Crippen molar-refractivity contribution in [2.45, 2.75) is 46.2 Å². The molecular weight excluding hydrogens is 378 g/mol. The zero-order chi connectivity index (χ0) is 21.4. The number of aryl methyl sites for hydroxylation is 2. The number of benzene rings is 2. The molecule has 3 aromatic rings. The SMILES string of the molecule is CC(=O)N(c1ccccc1)[C@@H]1C[C@H](C)N(C(=O)c2oc(C)nc2C)c2ccccc21. The van der Waals surface area contributed by atoms with Crippen molar-refractivity contribution in [3.63, 3.8) is 0 Å². The van der Waals surface area contributed by atoms with Crippen molar-refractivity contribution in [2.24, 2.45) is 0 Å². The largest absolute Gasteiger partial charge is 0.436 e. The first kappa shape index (κ1) is 19.9. The number of para-hydroxylation sites is 2. The maximum atomic E-state index is 13.4. The van der Waals surface area contributed by atoms with E-state index in [1.807, 2.05) is 66.4 Å². The van der Waals surface area contributed by atoms with Crippen LogP contribution in [0.15, 0.2) is 59.0 Å². The van der Waals surface area contributed by atoms with Gasteiger partial charge in [0, 0.05) is 31.3 Å². The molecule has 0 saturated carbocycles. The van der Waals surface area contributed by atoms with Crippen molar-refractivity contribution in [3.8, 4) is 0 Å². The van der Waals surface area contributed by atoms with Gasteiger partial charge in [-0.1, -0.05) is 36.4 Å². The molecule has 0 unspecified atom stereocenters. The third-order valence-electron chi connectivity index (χ3n) is 5.56. The number of nitrogens with zero attached hydrogens (tertiary/aromatic N) is 3. The summed E-state index contributed by atoms with van der Waals surface area (Å²) in [5.74, 6) is 0.493. The molecule has 0 spiro atoms. The fraction of sp³-hybridized carbons (Fsp3) is 0.292. The smallest absolute Gasteiger partial charge is 0.296 e. The Morgan fingerprint density at radius 3 is 2.37 bits per heavy atom. The number of rotatable bonds is 3. The highest BCUT2D eigenvalue weighted by Gasteiger charge is 2.39. The Labute approximate surface area is 176 Å². The van der Waals surface area contributed by atoms with Crippen LogP contribution < -0.4 is 9.80 Å². The van der Waals surface area contributed by atoms with Crippen molar-refractivity contribution in [1.82, 2.24) is 4.98 Å². The van der Waals surface area contributed by atoms with Gasteiger partial charge in [-0.3, -0.25) is 9.59 Å². The summed E-state index contributed by atoms with van der Waals surface area (Å²) in [6.45, 7) is 7.10. The molecule has 2 amide bonds. The Morgan fingerprint density at radius 2 is 1.73 bits per heavy atom. The standard InChI is InChI=1S/C24H25N3O3/c1-15-14-22(27(18(4)28)19-10-6-5-7-11-19)20-12-8-9-13-21(20)26(15)24(29)23-16(2)25-17(3)30-23/h5-13,15,22H,14H2,1-4H3/t15-,22+/m0/s1. The summed E-state index contributed by atoms with van der Waals surface area (Å²) in [4.78, 5) is 33.9. The third kappa shape index (κ3) is 3.38. The molecule has 0 radical (unpaired) electrons. The molecule has 2 aromatic carbocycles. The second-order valence-corrected chi connectivity index (χ2v) is 7.71. The first-order valence-corrected chi connectivity index (χ1v) is 10.1. The van der Waals surface area contributed by atoms with Crippen LogP contribution in [0, 0.1) is 13.8 Å². The highest BCUT2D eigenvalue weighted by atomic mass is 16.4. The number of amides is 2. The van der Waals surface area contributed by atoms with E-state index in [0.29, 0.717) is 18.0 Å². The van der Waals surface area contributed by atoms with Crippen LogP contribution >= 0.6 is 0 Å². The molecule has 1 aromatic heterocycles. The minimum absolute atomic E-state index is 0.0327. The van der Waals surface area contributed by atoms with Gasteiger partial charge in [-0.05, 0) is 44.0 Å². The highest BCUT2D eigenvalue weighted by molar-refractivity contribution is 6.06. The summed E-state index contributed by atoms with van der Waals surface area (Å²) >= 11 is 0. The van der Waals surface area contributed by atoms with Gasteiger partial charge in [0.15, 0.2) is 5.89 Å². The van der Waals surface area contributed by atoms with E-state index in [2.05, 4.69) is 4.98 Å². The second kappa shape index (κ2) is 7.78. The van der Waals surface area contributed by atoms with E-state index in [4.69, 9.17) is 4.42 Å². The Morgan fingerprint density at radius 1 is 1.07 bits per heavy atom. The number of oxazole rings is 1. The molecule has 0 aliphatic carbocycles. The maximum absolute atomic E-state index is 13.4.